The highest BCUT2D eigenvalue weighted by molar-refractivity contribution is 6.16. The highest BCUT2D eigenvalue weighted by atomic mass is 16.6. The van der Waals surface area contributed by atoms with E-state index in [1.54, 1.807) is 53.7 Å². The van der Waals surface area contributed by atoms with Gasteiger partial charge in [0, 0.05) is 12.1 Å². The lowest BCUT2D eigenvalue weighted by Crippen LogP contribution is -2.45. The fourth-order valence-electron chi connectivity index (χ4n) is 3.48. The van der Waals surface area contributed by atoms with Gasteiger partial charge in [-0.3, -0.25) is 9.59 Å². The molecule has 0 saturated heterocycles. The van der Waals surface area contributed by atoms with Gasteiger partial charge in [-0.2, -0.15) is 0 Å². The summed E-state index contributed by atoms with van der Waals surface area (Å²) in [7, 11) is 2.99. The van der Waals surface area contributed by atoms with Crippen molar-refractivity contribution in [1.29, 1.82) is 0 Å². The van der Waals surface area contributed by atoms with E-state index in [-0.39, 0.29) is 25.2 Å². The van der Waals surface area contributed by atoms with Gasteiger partial charge in [0.2, 0.25) is 0 Å². The van der Waals surface area contributed by atoms with Crippen LogP contribution in [0.4, 0.5) is 4.79 Å². The minimum atomic E-state index is -1.46. The molecule has 172 valence electrons. The number of esters is 1. The Bertz CT molecular complexity index is 864. The Labute approximate surface area is 183 Å². The summed E-state index contributed by atoms with van der Waals surface area (Å²) in [6, 6.07) is 3.30. The van der Waals surface area contributed by atoms with Crippen LogP contribution in [0.3, 0.4) is 0 Å². The minimum Gasteiger partial charge on any atom is -0.493 e. The Morgan fingerprint density at radius 3 is 2.03 bits per heavy atom. The van der Waals surface area contributed by atoms with Crippen LogP contribution >= 0.6 is 0 Å². The lowest BCUT2D eigenvalue weighted by molar-refractivity contribution is -0.164. The van der Waals surface area contributed by atoms with E-state index < -0.39 is 28.7 Å². The van der Waals surface area contributed by atoms with Crippen LogP contribution in [0.5, 0.6) is 11.5 Å². The first-order chi connectivity index (χ1) is 14.2. The number of carbonyl (C=O) groups is 3. The van der Waals surface area contributed by atoms with E-state index in [9.17, 15) is 14.4 Å². The summed E-state index contributed by atoms with van der Waals surface area (Å²) in [5.74, 6) is -0.101. The molecule has 1 atom stereocenters. The third kappa shape index (κ3) is 5.68. The van der Waals surface area contributed by atoms with Crippen LogP contribution in [0.15, 0.2) is 12.1 Å². The summed E-state index contributed by atoms with van der Waals surface area (Å²) in [6.45, 7) is 10.6. The van der Waals surface area contributed by atoms with Crippen LogP contribution in [0.1, 0.15) is 63.9 Å². The molecule has 0 bridgehead atoms. The van der Waals surface area contributed by atoms with Crippen LogP contribution in [0.25, 0.3) is 0 Å². The summed E-state index contributed by atoms with van der Waals surface area (Å²) in [5.41, 5.74) is -1.82. The number of ketones is 1. The third-order valence-corrected chi connectivity index (χ3v) is 4.79. The zero-order valence-corrected chi connectivity index (χ0v) is 19.6. The standard InChI is InChI=1S/C23H33NO7/c1-21(2,3)30-19(26)23(9-10-24-20(27)31-22(4,5)6)13-14-11-16(28-7)17(29-8)12-15(14)18(23)25/h11-12H,9-10,13H2,1-8H3,(H,24,27)/t23-/m1/s1. The van der Waals surface area contributed by atoms with Gasteiger partial charge in [0.25, 0.3) is 0 Å². The molecule has 8 heteroatoms. The van der Waals surface area contributed by atoms with Gasteiger partial charge >= 0.3 is 12.1 Å². The van der Waals surface area contributed by atoms with Crippen LogP contribution in [0, 0.1) is 5.41 Å². The number of nitrogens with one attached hydrogen (secondary N) is 1. The maximum Gasteiger partial charge on any atom is 0.407 e. The van der Waals surface area contributed by atoms with Crippen molar-refractivity contribution in [2.24, 2.45) is 5.41 Å². The fourth-order valence-corrected chi connectivity index (χ4v) is 3.48. The molecule has 0 heterocycles. The van der Waals surface area contributed by atoms with Crippen LogP contribution in [-0.4, -0.2) is 49.8 Å². The highest BCUT2D eigenvalue weighted by Gasteiger charge is 2.53. The summed E-state index contributed by atoms with van der Waals surface area (Å²) in [5, 5.41) is 2.63. The Morgan fingerprint density at radius 1 is 0.968 bits per heavy atom. The number of fused-ring (bicyclic) bond motifs is 1. The Balaban J connectivity index is 2.34. The predicted octanol–water partition coefficient (Wildman–Crippen LogP) is 3.69. The number of carbonyl (C=O) groups excluding carboxylic acids is 3. The van der Waals surface area contributed by atoms with Crippen molar-refractivity contribution < 1.29 is 33.3 Å². The summed E-state index contributed by atoms with van der Waals surface area (Å²) >= 11 is 0. The number of hydrogen-bond donors (Lipinski definition) is 1. The van der Waals surface area contributed by atoms with Crippen molar-refractivity contribution in [3.05, 3.63) is 23.3 Å². The highest BCUT2D eigenvalue weighted by Crippen LogP contribution is 2.45. The number of benzene rings is 1. The van der Waals surface area contributed by atoms with Gasteiger partial charge in [-0.25, -0.2) is 4.79 Å². The average molecular weight is 436 g/mol. The quantitative estimate of drug-likeness (QED) is 0.537. The van der Waals surface area contributed by atoms with Crippen LogP contribution in [-0.2, 0) is 20.7 Å². The molecule has 31 heavy (non-hydrogen) atoms. The number of ether oxygens (including phenoxy) is 4. The van der Waals surface area contributed by atoms with Crippen molar-refractivity contribution in [3.8, 4) is 11.5 Å². The van der Waals surface area contributed by atoms with Crippen molar-refractivity contribution in [3.63, 3.8) is 0 Å². The molecular weight excluding hydrogens is 402 g/mol. The molecule has 2 rings (SSSR count). The van der Waals surface area contributed by atoms with Gasteiger partial charge in [-0.05, 0) is 72.1 Å². The molecule has 1 N–H and O–H groups in total. The molecule has 0 unspecified atom stereocenters. The number of Topliss-reactive ketones (excluding diaryl/α,β-unsaturated/α-hetero) is 1. The Hall–Kier alpha value is -2.77. The average Bonchev–Trinajstić information content (AvgIpc) is 2.90. The first kappa shape index (κ1) is 24.5. The molecule has 0 radical (unpaired) electrons. The number of methoxy groups -OCH3 is 2. The molecular formula is C23H33NO7. The zero-order chi connectivity index (χ0) is 23.6. The molecule has 0 aromatic heterocycles. The second kappa shape index (κ2) is 8.77. The largest absolute Gasteiger partial charge is 0.493 e. The second-order valence-electron chi connectivity index (χ2n) is 9.63. The molecule has 0 spiro atoms. The van der Waals surface area contributed by atoms with Gasteiger partial charge in [0.1, 0.15) is 16.6 Å². The topological polar surface area (TPSA) is 100 Å². The van der Waals surface area contributed by atoms with Gasteiger partial charge in [0.05, 0.1) is 14.2 Å². The molecule has 8 nitrogen and oxygen atoms in total. The molecule has 1 aliphatic carbocycles. The molecule has 1 amide bonds. The van der Waals surface area contributed by atoms with E-state index in [1.165, 1.54) is 14.2 Å². The first-order valence-corrected chi connectivity index (χ1v) is 10.2. The molecule has 0 fully saturated rings. The first-order valence-electron chi connectivity index (χ1n) is 10.2. The van der Waals surface area contributed by atoms with E-state index in [0.717, 1.165) is 0 Å². The lowest BCUT2D eigenvalue weighted by atomic mass is 9.80. The molecule has 0 aliphatic heterocycles. The van der Waals surface area contributed by atoms with Gasteiger partial charge in [-0.15, -0.1) is 0 Å². The number of amides is 1. The predicted molar refractivity (Wildman–Crippen MR) is 115 cm³/mol. The number of rotatable bonds is 6. The van der Waals surface area contributed by atoms with Crippen LogP contribution in [0.2, 0.25) is 0 Å². The monoisotopic (exact) mass is 435 g/mol. The van der Waals surface area contributed by atoms with Gasteiger partial charge in [0.15, 0.2) is 17.3 Å². The smallest absolute Gasteiger partial charge is 0.407 e. The molecule has 1 aromatic carbocycles. The second-order valence-corrected chi connectivity index (χ2v) is 9.63. The van der Waals surface area contributed by atoms with E-state index in [0.29, 0.717) is 22.6 Å². The van der Waals surface area contributed by atoms with Crippen molar-refractivity contribution >= 4 is 17.8 Å². The summed E-state index contributed by atoms with van der Waals surface area (Å²) in [6.07, 6.45) is -0.399. The van der Waals surface area contributed by atoms with E-state index in [2.05, 4.69) is 5.32 Å². The normalized spacial score (nSPS) is 18.3. The lowest BCUT2D eigenvalue weighted by Gasteiger charge is -2.30. The Kier molecular flexibility index (Phi) is 6.93. The number of alkyl carbamates (subject to hydrolysis) is 1. The molecule has 1 aliphatic rings. The summed E-state index contributed by atoms with van der Waals surface area (Å²) < 4.78 is 21.5. The summed E-state index contributed by atoms with van der Waals surface area (Å²) in [4.78, 5) is 38.7. The van der Waals surface area contributed by atoms with Gasteiger partial charge in [-0.1, -0.05) is 0 Å². The van der Waals surface area contributed by atoms with E-state index >= 15 is 0 Å². The van der Waals surface area contributed by atoms with Gasteiger partial charge < -0.3 is 24.3 Å². The van der Waals surface area contributed by atoms with E-state index in [1.807, 2.05) is 0 Å². The fraction of sp³-hybridized carbons (Fsp3) is 0.609. The number of hydrogen-bond acceptors (Lipinski definition) is 7. The minimum absolute atomic E-state index is 0.0688. The van der Waals surface area contributed by atoms with E-state index in [4.69, 9.17) is 18.9 Å². The zero-order valence-electron chi connectivity index (χ0n) is 19.6. The van der Waals surface area contributed by atoms with Crippen molar-refractivity contribution in [2.75, 3.05) is 20.8 Å². The van der Waals surface area contributed by atoms with Crippen molar-refractivity contribution in [2.45, 2.75) is 65.6 Å². The Morgan fingerprint density at radius 2 is 1.52 bits per heavy atom. The van der Waals surface area contributed by atoms with Crippen LogP contribution < -0.4 is 14.8 Å². The maximum atomic E-state index is 13.5. The van der Waals surface area contributed by atoms with Crippen molar-refractivity contribution in [1.82, 2.24) is 5.32 Å². The molecule has 0 saturated carbocycles. The SMILES string of the molecule is COc1cc2c(cc1OC)C(=O)[C@](CCNC(=O)OC(C)(C)C)(C(=O)OC(C)(C)C)C2. The third-order valence-electron chi connectivity index (χ3n) is 4.79. The maximum absolute atomic E-state index is 13.5. The molecule has 1 aromatic rings.